The fourth-order valence-corrected chi connectivity index (χ4v) is 1.92. The van der Waals surface area contributed by atoms with E-state index in [1.165, 1.54) is 5.56 Å². The molecule has 4 nitrogen and oxygen atoms in total. The molecule has 1 fully saturated rings. The van der Waals surface area contributed by atoms with Gasteiger partial charge in [0.15, 0.2) is 0 Å². The lowest BCUT2D eigenvalue weighted by Gasteiger charge is -2.08. The number of benzene rings is 1. The lowest BCUT2D eigenvalue weighted by Crippen LogP contribution is -2.26. The molecule has 2 N–H and O–H groups in total. The van der Waals surface area contributed by atoms with Crippen molar-refractivity contribution in [2.75, 3.05) is 6.61 Å². The largest absolute Gasteiger partial charge is 0.493 e. The number of rotatable bonds is 8. The monoisotopic (exact) mass is 277 g/mol. The molecule has 1 aromatic rings. The van der Waals surface area contributed by atoms with Gasteiger partial charge in [-0.1, -0.05) is 12.1 Å². The Balaban J connectivity index is 1.66. The number of aliphatic hydroxyl groups is 1. The first-order chi connectivity index (χ1) is 9.63. The summed E-state index contributed by atoms with van der Waals surface area (Å²) in [5.74, 6) is 0.853. The summed E-state index contributed by atoms with van der Waals surface area (Å²) in [6, 6.07) is 8.24. The van der Waals surface area contributed by atoms with Crippen molar-refractivity contribution >= 4 is 5.91 Å². The summed E-state index contributed by atoms with van der Waals surface area (Å²) in [4.78, 5) is 11.5. The van der Waals surface area contributed by atoms with Crippen LogP contribution in [0.1, 0.15) is 38.2 Å². The number of ether oxygens (including phenoxy) is 1. The van der Waals surface area contributed by atoms with E-state index in [1.54, 1.807) is 6.92 Å². The minimum atomic E-state index is -0.268. The summed E-state index contributed by atoms with van der Waals surface area (Å²) in [5.41, 5.74) is 1.18. The van der Waals surface area contributed by atoms with Gasteiger partial charge < -0.3 is 15.2 Å². The summed E-state index contributed by atoms with van der Waals surface area (Å²) >= 11 is 0. The second-order valence-corrected chi connectivity index (χ2v) is 5.47. The van der Waals surface area contributed by atoms with Gasteiger partial charge in [0.25, 0.3) is 0 Å². The van der Waals surface area contributed by atoms with Crippen molar-refractivity contribution in [1.82, 2.24) is 5.32 Å². The molecule has 1 saturated carbocycles. The molecule has 0 aromatic heterocycles. The Hall–Kier alpha value is -1.55. The van der Waals surface area contributed by atoms with Crippen molar-refractivity contribution in [2.24, 2.45) is 0 Å². The van der Waals surface area contributed by atoms with Crippen LogP contribution >= 0.6 is 0 Å². The number of hydrogen-bond acceptors (Lipinski definition) is 3. The third kappa shape index (κ3) is 5.61. The van der Waals surface area contributed by atoms with Gasteiger partial charge in [0.05, 0.1) is 19.1 Å². The third-order valence-electron chi connectivity index (χ3n) is 3.31. The Kier molecular flexibility index (Phi) is 5.41. The molecule has 0 heterocycles. The normalized spacial score (nSPS) is 15.7. The summed E-state index contributed by atoms with van der Waals surface area (Å²) in [6.45, 7) is 2.20. The van der Waals surface area contributed by atoms with E-state index < -0.39 is 0 Å². The van der Waals surface area contributed by atoms with E-state index in [-0.39, 0.29) is 12.0 Å². The zero-order chi connectivity index (χ0) is 14.4. The Labute approximate surface area is 120 Å². The summed E-state index contributed by atoms with van der Waals surface area (Å²) in [7, 11) is 0. The van der Waals surface area contributed by atoms with Gasteiger partial charge in [0.2, 0.25) is 5.91 Å². The van der Waals surface area contributed by atoms with Crippen molar-refractivity contribution in [1.29, 1.82) is 0 Å². The van der Waals surface area contributed by atoms with E-state index in [0.29, 0.717) is 19.1 Å². The highest BCUT2D eigenvalue weighted by Gasteiger charge is 2.22. The van der Waals surface area contributed by atoms with Gasteiger partial charge in [-0.2, -0.15) is 0 Å². The van der Waals surface area contributed by atoms with Gasteiger partial charge in [-0.15, -0.1) is 0 Å². The number of hydrogen-bond donors (Lipinski definition) is 2. The van der Waals surface area contributed by atoms with Crippen LogP contribution in [0.5, 0.6) is 5.75 Å². The second kappa shape index (κ2) is 7.29. The lowest BCUT2D eigenvalue weighted by atomic mass is 10.1. The Morgan fingerprint density at radius 3 is 2.70 bits per heavy atom. The molecule has 1 amide bonds. The van der Waals surface area contributed by atoms with Gasteiger partial charge in [-0.3, -0.25) is 4.79 Å². The second-order valence-electron chi connectivity index (χ2n) is 5.47. The van der Waals surface area contributed by atoms with Crippen LogP contribution in [-0.2, 0) is 11.2 Å². The van der Waals surface area contributed by atoms with Crippen LogP contribution in [0.4, 0.5) is 0 Å². The Morgan fingerprint density at radius 1 is 1.40 bits per heavy atom. The molecule has 0 spiro atoms. The Bertz CT molecular complexity index is 424. The van der Waals surface area contributed by atoms with E-state index in [9.17, 15) is 9.90 Å². The van der Waals surface area contributed by atoms with E-state index >= 15 is 0 Å². The van der Waals surface area contributed by atoms with Crippen LogP contribution in [0.2, 0.25) is 0 Å². The maximum Gasteiger partial charge on any atom is 0.223 e. The predicted octanol–water partition coefficient (Wildman–Crippen LogP) is 2.05. The van der Waals surface area contributed by atoms with Crippen LogP contribution in [0.25, 0.3) is 0 Å². The van der Waals surface area contributed by atoms with Gasteiger partial charge in [0.1, 0.15) is 5.75 Å². The molecule has 0 saturated heterocycles. The molecule has 0 radical (unpaired) electrons. The SMILES string of the molecule is CC(O)CCc1ccc(OCCC(=O)NC2CC2)cc1. The Morgan fingerprint density at radius 2 is 2.10 bits per heavy atom. The fraction of sp³-hybridized carbons (Fsp3) is 0.562. The summed E-state index contributed by atoms with van der Waals surface area (Å²) in [6.07, 6.45) is 3.99. The number of aliphatic hydroxyl groups excluding tert-OH is 1. The molecule has 1 aromatic carbocycles. The standard InChI is InChI=1S/C16H23NO3/c1-12(18)2-3-13-4-8-15(9-5-13)20-11-10-16(19)17-14-6-7-14/h4-5,8-9,12,14,18H,2-3,6-7,10-11H2,1H3,(H,17,19). The average molecular weight is 277 g/mol. The van der Waals surface area contributed by atoms with Crippen molar-refractivity contribution in [2.45, 2.75) is 51.2 Å². The van der Waals surface area contributed by atoms with Crippen molar-refractivity contribution in [3.8, 4) is 5.75 Å². The van der Waals surface area contributed by atoms with E-state index in [1.807, 2.05) is 24.3 Å². The number of carbonyl (C=O) groups is 1. The molecular weight excluding hydrogens is 254 g/mol. The number of carbonyl (C=O) groups excluding carboxylic acids is 1. The molecule has 0 aliphatic heterocycles. The highest BCUT2D eigenvalue weighted by Crippen LogP contribution is 2.18. The topological polar surface area (TPSA) is 58.6 Å². The zero-order valence-corrected chi connectivity index (χ0v) is 12.0. The molecule has 1 aliphatic rings. The average Bonchev–Trinajstić information content (AvgIpc) is 3.21. The zero-order valence-electron chi connectivity index (χ0n) is 12.0. The number of nitrogens with one attached hydrogen (secondary N) is 1. The molecule has 1 aliphatic carbocycles. The molecular formula is C16H23NO3. The van der Waals surface area contributed by atoms with Crippen molar-refractivity contribution in [3.05, 3.63) is 29.8 Å². The van der Waals surface area contributed by atoms with Crippen LogP contribution < -0.4 is 10.1 Å². The lowest BCUT2D eigenvalue weighted by molar-refractivity contribution is -0.121. The molecule has 1 atom stereocenters. The van der Waals surface area contributed by atoms with E-state index in [4.69, 9.17) is 4.74 Å². The third-order valence-corrected chi connectivity index (χ3v) is 3.31. The minimum absolute atomic E-state index is 0.0704. The van der Waals surface area contributed by atoms with Crippen molar-refractivity contribution < 1.29 is 14.6 Å². The first-order valence-corrected chi connectivity index (χ1v) is 7.32. The maximum absolute atomic E-state index is 11.5. The van der Waals surface area contributed by atoms with Gasteiger partial charge in [-0.05, 0) is 50.3 Å². The number of amides is 1. The highest BCUT2D eigenvalue weighted by molar-refractivity contribution is 5.76. The molecule has 20 heavy (non-hydrogen) atoms. The van der Waals surface area contributed by atoms with E-state index in [2.05, 4.69) is 5.32 Å². The van der Waals surface area contributed by atoms with Gasteiger partial charge in [0, 0.05) is 6.04 Å². The first-order valence-electron chi connectivity index (χ1n) is 7.32. The number of aryl methyl sites for hydroxylation is 1. The van der Waals surface area contributed by atoms with Crippen LogP contribution in [-0.4, -0.2) is 29.8 Å². The maximum atomic E-state index is 11.5. The molecule has 110 valence electrons. The molecule has 0 bridgehead atoms. The van der Waals surface area contributed by atoms with Crippen LogP contribution in [0.15, 0.2) is 24.3 Å². The van der Waals surface area contributed by atoms with E-state index in [0.717, 1.165) is 31.4 Å². The first kappa shape index (κ1) is 14.9. The summed E-state index contributed by atoms with van der Waals surface area (Å²) in [5, 5.41) is 12.2. The molecule has 2 rings (SSSR count). The highest BCUT2D eigenvalue weighted by atomic mass is 16.5. The predicted molar refractivity (Wildman–Crippen MR) is 77.7 cm³/mol. The van der Waals surface area contributed by atoms with Crippen LogP contribution in [0, 0.1) is 0 Å². The molecule has 4 heteroatoms. The van der Waals surface area contributed by atoms with Gasteiger partial charge >= 0.3 is 0 Å². The minimum Gasteiger partial charge on any atom is -0.493 e. The quantitative estimate of drug-likeness (QED) is 0.764. The van der Waals surface area contributed by atoms with Crippen molar-refractivity contribution in [3.63, 3.8) is 0 Å². The van der Waals surface area contributed by atoms with Crippen LogP contribution in [0.3, 0.4) is 0 Å². The summed E-state index contributed by atoms with van der Waals surface area (Å²) < 4.78 is 5.55. The smallest absolute Gasteiger partial charge is 0.223 e. The fourth-order valence-electron chi connectivity index (χ4n) is 1.92. The van der Waals surface area contributed by atoms with Gasteiger partial charge in [-0.25, -0.2) is 0 Å². The molecule has 1 unspecified atom stereocenters.